The number of fused-ring (bicyclic) bond motifs is 1. The third kappa shape index (κ3) is 3.26. The van der Waals surface area contributed by atoms with Crippen LogP contribution in [-0.2, 0) is 11.2 Å². The topological polar surface area (TPSA) is 12.5 Å². The molecule has 1 saturated heterocycles. The Morgan fingerprint density at radius 1 is 1.30 bits per heavy atom. The summed E-state index contributed by atoms with van der Waals surface area (Å²) < 4.78 is 6.03. The van der Waals surface area contributed by atoms with Gasteiger partial charge in [0.1, 0.15) is 0 Å². The van der Waals surface area contributed by atoms with E-state index in [0.717, 1.165) is 25.5 Å². The first-order chi connectivity index (χ1) is 9.74. The fourth-order valence-corrected chi connectivity index (χ4v) is 3.99. The largest absolute Gasteiger partial charge is 0.372 e. The minimum absolute atomic E-state index is 0.276. The van der Waals surface area contributed by atoms with Gasteiger partial charge >= 0.3 is 0 Å². The molecule has 0 aromatic heterocycles. The predicted molar refractivity (Wildman–Crippen MR) is 86.4 cm³/mol. The van der Waals surface area contributed by atoms with E-state index in [0.29, 0.717) is 4.83 Å². The van der Waals surface area contributed by atoms with E-state index in [9.17, 15) is 0 Å². The molecule has 2 unspecified atom stereocenters. The van der Waals surface area contributed by atoms with E-state index >= 15 is 0 Å². The van der Waals surface area contributed by atoms with Crippen molar-refractivity contribution in [3.05, 3.63) is 35.4 Å². The van der Waals surface area contributed by atoms with Crippen LogP contribution in [0.4, 0.5) is 0 Å². The third-order valence-electron chi connectivity index (χ3n) is 4.80. The third-order valence-corrected chi connectivity index (χ3v) is 5.55. The molecule has 1 aromatic carbocycles. The van der Waals surface area contributed by atoms with E-state index in [1.165, 1.54) is 37.1 Å². The number of hydrogen-bond donors (Lipinski definition) is 0. The van der Waals surface area contributed by atoms with E-state index in [1.54, 1.807) is 0 Å². The molecule has 0 radical (unpaired) electrons. The lowest BCUT2D eigenvalue weighted by atomic mass is 9.93. The summed E-state index contributed by atoms with van der Waals surface area (Å²) in [6, 6.07) is 8.78. The Balaban J connectivity index is 1.60. The quantitative estimate of drug-likeness (QED) is 0.778. The van der Waals surface area contributed by atoms with Crippen LogP contribution in [0, 0.1) is 5.92 Å². The van der Waals surface area contributed by atoms with Gasteiger partial charge in [-0.3, -0.25) is 0 Å². The molecule has 0 saturated carbocycles. The molecule has 0 N–H and O–H groups in total. The molecule has 2 heterocycles. The van der Waals surface area contributed by atoms with Gasteiger partial charge in [-0.25, -0.2) is 0 Å². The number of hydrogen-bond acceptors (Lipinski definition) is 2. The molecule has 1 fully saturated rings. The van der Waals surface area contributed by atoms with Crippen LogP contribution in [-0.4, -0.2) is 36.0 Å². The zero-order chi connectivity index (χ0) is 13.9. The van der Waals surface area contributed by atoms with Gasteiger partial charge in [0.25, 0.3) is 0 Å². The normalized spacial score (nSPS) is 26.2. The minimum Gasteiger partial charge on any atom is -0.372 e. The first-order valence-corrected chi connectivity index (χ1v) is 8.71. The van der Waals surface area contributed by atoms with Crippen molar-refractivity contribution in [2.24, 2.45) is 5.92 Å². The van der Waals surface area contributed by atoms with Gasteiger partial charge in [0.15, 0.2) is 0 Å². The van der Waals surface area contributed by atoms with Gasteiger partial charge in [-0.1, -0.05) is 47.1 Å². The lowest BCUT2D eigenvalue weighted by Crippen LogP contribution is -2.39. The number of alkyl halides is 1. The Morgan fingerprint density at radius 3 is 2.80 bits per heavy atom. The fraction of sp³-hybridized carbons (Fsp3) is 0.647. The van der Waals surface area contributed by atoms with Crippen LogP contribution in [0.15, 0.2) is 24.3 Å². The van der Waals surface area contributed by atoms with Gasteiger partial charge < -0.3 is 9.64 Å². The van der Waals surface area contributed by atoms with Crippen LogP contribution >= 0.6 is 15.9 Å². The minimum atomic E-state index is 0.276. The first-order valence-electron chi connectivity index (χ1n) is 7.80. The van der Waals surface area contributed by atoms with Crippen LogP contribution in [0.2, 0.25) is 0 Å². The van der Waals surface area contributed by atoms with Crippen molar-refractivity contribution in [3.8, 4) is 0 Å². The molecule has 0 bridgehead atoms. The molecule has 3 heteroatoms. The average molecular weight is 338 g/mol. The lowest BCUT2D eigenvalue weighted by molar-refractivity contribution is 0.00876. The van der Waals surface area contributed by atoms with E-state index in [-0.39, 0.29) is 6.10 Å². The summed E-state index contributed by atoms with van der Waals surface area (Å²) in [7, 11) is 0. The molecule has 2 aliphatic heterocycles. The predicted octanol–water partition coefficient (Wildman–Crippen LogP) is 3.80. The molecule has 1 aromatic rings. The standard InChI is InChI=1S/C17H24BrNO/c1-13(18)14-6-9-19(10-7-14)12-17-16-5-3-2-4-15(16)8-11-20-17/h2-5,13-14,17H,6-12H2,1H3. The van der Waals surface area contributed by atoms with Crippen LogP contribution in [0.1, 0.15) is 37.0 Å². The van der Waals surface area contributed by atoms with E-state index in [2.05, 4.69) is 52.0 Å². The second-order valence-corrected chi connectivity index (χ2v) is 7.57. The van der Waals surface area contributed by atoms with Gasteiger partial charge in [-0.15, -0.1) is 0 Å². The lowest BCUT2D eigenvalue weighted by Gasteiger charge is -2.36. The van der Waals surface area contributed by atoms with Crippen molar-refractivity contribution in [2.45, 2.75) is 37.1 Å². The Kier molecular flexibility index (Phi) is 4.79. The zero-order valence-corrected chi connectivity index (χ0v) is 13.8. The molecule has 3 rings (SSSR count). The van der Waals surface area contributed by atoms with E-state index < -0.39 is 0 Å². The van der Waals surface area contributed by atoms with Gasteiger partial charge in [0, 0.05) is 11.4 Å². The van der Waals surface area contributed by atoms with Gasteiger partial charge in [0.2, 0.25) is 0 Å². The van der Waals surface area contributed by atoms with E-state index in [1.807, 2.05) is 0 Å². The summed E-state index contributed by atoms with van der Waals surface area (Å²) in [5.74, 6) is 0.839. The fourth-order valence-electron chi connectivity index (χ4n) is 3.46. The van der Waals surface area contributed by atoms with Crippen molar-refractivity contribution in [1.82, 2.24) is 4.90 Å². The van der Waals surface area contributed by atoms with Gasteiger partial charge in [-0.05, 0) is 49.4 Å². The van der Waals surface area contributed by atoms with E-state index in [4.69, 9.17) is 4.74 Å². The van der Waals surface area contributed by atoms with Gasteiger partial charge in [0.05, 0.1) is 12.7 Å². The highest BCUT2D eigenvalue weighted by atomic mass is 79.9. The second kappa shape index (κ2) is 6.59. The number of halogens is 1. The Hall–Kier alpha value is -0.380. The van der Waals surface area contributed by atoms with Crippen LogP contribution < -0.4 is 0 Å². The monoisotopic (exact) mass is 337 g/mol. The molecule has 2 atom stereocenters. The Bertz CT molecular complexity index is 440. The average Bonchev–Trinajstić information content (AvgIpc) is 2.48. The maximum atomic E-state index is 6.03. The highest BCUT2D eigenvalue weighted by Crippen LogP contribution is 2.30. The summed E-state index contributed by atoms with van der Waals surface area (Å²) >= 11 is 3.73. The van der Waals surface area contributed by atoms with Crippen LogP contribution in [0.5, 0.6) is 0 Å². The number of benzene rings is 1. The van der Waals surface area contributed by atoms with Crippen molar-refractivity contribution in [2.75, 3.05) is 26.2 Å². The summed E-state index contributed by atoms with van der Waals surface area (Å²) in [5.41, 5.74) is 2.89. The SMILES string of the molecule is CC(Br)C1CCN(CC2OCCc3ccccc32)CC1. The summed E-state index contributed by atoms with van der Waals surface area (Å²) in [6.45, 7) is 6.63. The highest BCUT2D eigenvalue weighted by molar-refractivity contribution is 9.09. The van der Waals surface area contributed by atoms with Crippen molar-refractivity contribution in [3.63, 3.8) is 0 Å². The molecule has 2 aliphatic rings. The number of ether oxygens (including phenoxy) is 1. The molecule has 0 aliphatic carbocycles. The number of nitrogens with zero attached hydrogens (tertiary/aromatic N) is 1. The molecule has 0 amide bonds. The first kappa shape index (κ1) is 14.6. The van der Waals surface area contributed by atoms with Crippen LogP contribution in [0.25, 0.3) is 0 Å². The number of piperidine rings is 1. The van der Waals surface area contributed by atoms with Gasteiger partial charge in [-0.2, -0.15) is 0 Å². The van der Waals surface area contributed by atoms with Crippen LogP contribution in [0.3, 0.4) is 0 Å². The summed E-state index contributed by atoms with van der Waals surface area (Å²) in [6.07, 6.45) is 3.95. The zero-order valence-electron chi connectivity index (χ0n) is 12.2. The molecule has 0 spiro atoms. The van der Waals surface area contributed by atoms with Crippen molar-refractivity contribution >= 4 is 15.9 Å². The van der Waals surface area contributed by atoms with Crippen molar-refractivity contribution < 1.29 is 4.74 Å². The maximum Gasteiger partial charge on any atom is 0.0954 e. The molecule has 2 nitrogen and oxygen atoms in total. The Morgan fingerprint density at radius 2 is 2.05 bits per heavy atom. The summed E-state index contributed by atoms with van der Waals surface area (Å²) in [5, 5.41) is 0. The molecular weight excluding hydrogens is 314 g/mol. The summed E-state index contributed by atoms with van der Waals surface area (Å²) in [4.78, 5) is 3.23. The van der Waals surface area contributed by atoms with Crippen molar-refractivity contribution in [1.29, 1.82) is 0 Å². The number of rotatable bonds is 3. The Labute approximate surface area is 130 Å². The molecule has 20 heavy (non-hydrogen) atoms. The molecular formula is C17H24BrNO. The highest BCUT2D eigenvalue weighted by Gasteiger charge is 2.27. The number of likely N-dealkylation sites (tertiary alicyclic amines) is 1. The molecule has 110 valence electrons. The second-order valence-electron chi connectivity index (χ2n) is 6.12. The maximum absolute atomic E-state index is 6.03. The smallest absolute Gasteiger partial charge is 0.0954 e.